The first-order valence-corrected chi connectivity index (χ1v) is 12.2. The smallest absolute Gasteiger partial charge is 0.229 e. The predicted octanol–water partition coefficient (Wildman–Crippen LogP) is 2.32. The lowest BCUT2D eigenvalue weighted by atomic mass is 9.90. The molecule has 0 amide bonds. The van der Waals surface area contributed by atoms with Crippen molar-refractivity contribution in [3.8, 4) is 6.07 Å². The van der Waals surface area contributed by atoms with Crippen molar-refractivity contribution in [2.24, 2.45) is 5.92 Å². The molecule has 0 radical (unpaired) electrons. The van der Waals surface area contributed by atoms with Gasteiger partial charge in [-0.2, -0.15) is 14.6 Å². The number of hydrogen-bond acceptors (Lipinski definition) is 10. The standard InChI is InChI=1S/C21H27ClN8OS/c1-13-6-15-10-29(5-4-28(15)9-13)18-11-30(17(18)2-3-23)20-16(22)8-24-21(26-20)25-19-7-14(12-31)27-32-19/h7-8,13,15,17-18,31H,2,4-6,9-12H2,1H3,(H,24,25,26)/t13-,15+,17+,18-/m1/s1. The van der Waals surface area contributed by atoms with Gasteiger partial charge in [-0.3, -0.25) is 9.80 Å². The fraction of sp³-hybridized carbons (Fsp3) is 0.619. The summed E-state index contributed by atoms with van der Waals surface area (Å²) in [5, 5.41) is 23.1. The number of aromatic nitrogens is 3. The van der Waals surface area contributed by atoms with Crippen LogP contribution in [0.2, 0.25) is 5.02 Å². The first-order valence-electron chi connectivity index (χ1n) is 11.0. The van der Waals surface area contributed by atoms with Crippen molar-refractivity contribution < 1.29 is 5.11 Å². The summed E-state index contributed by atoms with van der Waals surface area (Å²) in [5.74, 6) is 1.84. The fourth-order valence-electron chi connectivity index (χ4n) is 5.27. The Bertz CT molecular complexity index is 1010. The van der Waals surface area contributed by atoms with Crippen molar-refractivity contribution in [3.63, 3.8) is 0 Å². The average Bonchev–Trinajstić information content (AvgIpc) is 3.38. The largest absolute Gasteiger partial charge is 0.390 e. The van der Waals surface area contributed by atoms with E-state index in [4.69, 9.17) is 11.6 Å². The second-order valence-corrected chi connectivity index (χ2v) is 10.2. The zero-order valence-corrected chi connectivity index (χ0v) is 19.6. The Morgan fingerprint density at radius 2 is 2.16 bits per heavy atom. The monoisotopic (exact) mass is 474 g/mol. The van der Waals surface area contributed by atoms with Gasteiger partial charge in [0, 0.05) is 44.8 Å². The molecule has 3 aliphatic rings. The van der Waals surface area contributed by atoms with Gasteiger partial charge in [-0.25, -0.2) is 4.98 Å². The molecule has 32 heavy (non-hydrogen) atoms. The fourth-order valence-corrected chi connectivity index (χ4v) is 6.12. The zero-order chi connectivity index (χ0) is 22.2. The number of hydrogen-bond donors (Lipinski definition) is 2. The maximum atomic E-state index is 9.50. The molecule has 11 heteroatoms. The summed E-state index contributed by atoms with van der Waals surface area (Å²) in [7, 11) is 0. The number of nitriles is 1. The highest BCUT2D eigenvalue weighted by Gasteiger charge is 2.46. The van der Waals surface area contributed by atoms with Crippen LogP contribution in [0, 0.1) is 17.2 Å². The lowest BCUT2D eigenvalue weighted by Gasteiger charge is -2.55. The van der Waals surface area contributed by atoms with E-state index in [1.165, 1.54) is 24.5 Å². The first-order chi connectivity index (χ1) is 15.6. The molecule has 4 atom stereocenters. The van der Waals surface area contributed by atoms with Crippen molar-refractivity contribution in [3.05, 3.63) is 23.0 Å². The van der Waals surface area contributed by atoms with Crippen molar-refractivity contribution >= 4 is 39.9 Å². The minimum Gasteiger partial charge on any atom is -0.390 e. The van der Waals surface area contributed by atoms with Crippen molar-refractivity contribution in [2.75, 3.05) is 42.9 Å². The Balaban J connectivity index is 1.30. The van der Waals surface area contributed by atoms with Crippen LogP contribution in [0.25, 0.3) is 0 Å². The van der Waals surface area contributed by atoms with E-state index < -0.39 is 0 Å². The summed E-state index contributed by atoms with van der Waals surface area (Å²) in [5.41, 5.74) is 0.600. The SMILES string of the molecule is C[C@@H]1C[C@H]2CN([C@@H]3CN(c4nc(Nc5cc(CO)ns5)ncc4Cl)[C@H]3CC#N)CCN2C1. The van der Waals surface area contributed by atoms with E-state index in [0.717, 1.165) is 37.1 Å². The third-order valence-electron chi connectivity index (χ3n) is 6.81. The van der Waals surface area contributed by atoms with Crippen LogP contribution in [0.5, 0.6) is 0 Å². The zero-order valence-electron chi connectivity index (χ0n) is 18.0. The molecule has 0 aromatic carbocycles. The van der Waals surface area contributed by atoms with Crippen LogP contribution >= 0.6 is 23.1 Å². The lowest BCUT2D eigenvalue weighted by molar-refractivity contribution is 0.0417. The van der Waals surface area contributed by atoms with Crippen LogP contribution in [0.15, 0.2) is 12.3 Å². The number of halogens is 1. The molecule has 3 fully saturated rings. The number of anilines is 3. The van der Waals surface area contributed by atoms with E-state index in [1.54, 1.807) is 12.3 Å². The first kappa shape index (κ1) is 21.8. The molecule has 0 saturated carbocycles. The summed E-state index contributed by atoms with van der Waals surface area (Å²) in [4.78, 5) is 16.3. The Morgan fingerprint density at radius 3 is 2.94 bits per heavy atom. The molecular weight excluding hydrogens is 448 g/mol. The van der Waals surface area contributed by atoms with Crippen LogP contribution in [0.4, 0.5) is 16.8 Å². The summed E-state index contributed by atoms with van der Waals surface area (Å²) in [6, 6.07) is 5.17. The molecule has 2 aromatic heterocycles. The number of piperazine rings is 1. The second kappa shape index (κ2) is 9.08. The number of nitrogens with one attached hydrogen (secondary N) is 1. The molecule has 170 valence electrons. The third kappa shape index (κ3) is 4.16. The minimum atomic E-state index is -0.107. The molecule has 0 aliphatic carbocycles. The molecule has 2 N–H and O–H groups in total. The van der Waals surface area contributed by atoms with Crippen molar-refractivity contribution in [1.29, 1.82) is 5.26 Å². The predicted molar refractivity (Wildman–Crippen MR) is 124 cm³/mol. The van der Waals surface area contributed by atoms with Crippen LogP contribution in [0.1, 0.15) is 25.5 Å². The van der Waals surface area contributed by atoms with Crippen molar-refractivity contribution in [2.45, 2.75) is 44.5 Å². The van der Waals surface area contributed by atoms with Gasteiger partial charge in [-0.15, -0.1) is 0 Å². The minimum absolute atomic E-state index is 0.0648. The van der Waals surface area contributed by atoms with Gasteiger partial charge in [-0.1, -0.05) is 18.5 Å². The van der Waals surface area contributed by atoms with E-state index in [0.29, 0.717) is 41.0 Å². The number of rotatable bonds is 6. The third-order valence-corrected chi connectivity index (χ3v) is 7.82. The quantitative estimate of drug-likeness (QED) is 0.652. The van der Waals surface area contributed by atoms with Gasteiger partial charge in [-0.05, 0) is 29.9 Å². The molecular formula is C21H27ClN8OS. The van der Waals surface area contributed by atoms with Crippen LogP contribution < -0.4 is 10.2 Å². The Morgan fingerprint density at radius 1 is 1.31 bits per heavy atom. The lowest BCUT2D eigenvalue weighted by Crippen LogP contribution is -2.70. The average molecular weight is 475 g/mol. The molecule has 2 aromatic rings. The van der Waals surface area contributed by atoms with Gasteiger partial charge in [0.2, 0.25) is 5.95 Å². The highest BCUT2D eigenvalue weighted by Crippen LogP contribution is 2.37. The highest BCUT2D eigenvalue weighted by molar-refractivity contribution is 7.10. The number of fused-ring (bicyclic) bond motifs is 1. The molecule has 0 unspecified atom stereocenters. The molecule has 3 saturated heterocycles. The van der Waals surface area contributed by atoms with Crippen LogP contribution in [-0.2, 0) is 6.61 Å². The van der Waals surface area contributed by atoms with Crippen LogP contribution in [0.3, 0.4) is 0 Å². The summed E-state index contributed by atoms with van der Waals surface area (Å²) >= 11 is 7.72. The van der Waals surface area contributed by atoms with E-state index in [9.17, 15) is 10.4 Å². The summed E-state index contributed by atoms with van der Waals surface area (Å²) in [6.45, 7) is 7.48. The van der Waals surface area contributed by atoms with Crippen LogP contribution in [-0.4, -0.2) is 80.1 Å². The van der Waals surface area contributed by atoms with Gasteiger partial charge in [0.1, 0.15) is 10.0 Å². The number of aliphatic hydroxyl groups is 1. The highest BCUT2D eigenvalue weighted by atomic mass is 35.5. The van der Waals surface area contributed by atoms with Crippen molar-refractivity contribution in [1.82, 2.24) is 24.1 Å². The molecule has 5 heterocycles. The normalized spacial score (nSPS) is 28.2. The molecule has 3 aliphatic heterocycles. The van der Waals surface area contributed by atoms with Gasteiger partial charge in [0.25, 0.3) is 0 Å². The molecule has 0 bridgehead atoms. The Labute approximate surface area is 196 Å². The van der Waals surface area contributed by atoms with Gasteiger partial charge in [0.05, 0.1) is 37.0 Å². The van der Waals surface area contributed by atoms with Gasteiger partial charge >= 0.3 is 0 Å². The van der Waals surface area contributed by atoms with E-state index in [2.05, 4.69) is 47.4 Å². The topological polar surface area (TPSA) is 104 Å². The van der Waals surface area contributed by atoms with E-state index in [1.807, 2.05) is 0 Å². The van der Waals surface area contributed by atoms with Gasteiger partial charge < -0.3 is 15.3 Å². The molecule has 5 rings (SSSR count). The van der Waals surface area contributed by atoms with E-state index in [-0.39, 0.29) is 12.6 Å². The second-order valence-electron chi connectivity index (χ2n) is 8.96. The Kier molecular flexibility index (Phi) is 6.18. The van der Waals surface area contributed by atoms with Gasteiger partial charge in [0.15, 0.2) is 5.82 Å². The number of aliphatic hydroxyl groups excluding tert-OH is 1. The molecule has 0 spiro atoms. The maximum absolute atomic E-state index is 9.50. The summed E-state index contributed by atoms with van der Waals surface area (Å²) in [6.07, 6.45) is 3.29. The molecule has 9 nitrogen and oxygen atoms in total. The summed E-state index contributed by atoms with van der Waals surface area (Å²) < 4.78 is 4.15. The maximum Gasteiger partial charge on any atom is 0.229 e. The number of nitrogens with zero attached hydrogens (tertiary/aromatic N) is 7. The van der Waals surface area contributed by atoms with E-state index >= 15 is 0 Å². The Hall–Kier alpha value is -2.03.